The molecule has 0 aliphatic heterocycles. The predicted molar refractivity (Wildman–Crippen MR) is 71.1 cm³/mol. The maximum atomic E-state index is 5.14. The van der Waals surface area contributed by atoms with Gasteiger partial charge in [-0.3, -0.25) is 0 Å². The number of nitrogens with one attached hydrogen (secondary N) is 1. The van der Waals surface area contributed by atoms with E-state index in [9.17, 15) is 0 Å². The fourth-order valence-corrected chi connectivity index (χ4v) is 3.00. The molecule has 1 N–H and O–H groups in total. The number of furan rings is 1. The van der Waals surface area contributed by atoms with Gasteiger partial charge in [0, 0.05) is 6.04 Å². The monoisotopic (exact) mass is 235 g/mol. The topological polar surface area (TPSA) is 25.2 Å². The van der Waals surface area contributed by atoms with Crippen molar-refractivity contribution in [1.82, 2.24) is 5.32 Å². The third kappa shape index (κ3) is 4.19. The molecule has 0 aromatic carbocycles. The van der Waals surface area contributed by atoms with E-state index in [-0.39, 0.29) is 0 Å². The smallest absolute Gasteiger partial charge is 0.0935 e. The van der Waals surface area contributed by atoms with Gasteiger partial charge < -0.3 is 9.73 Å². The lowest BCUT2D eigenvalue weighted by Crippen LogP contribution is -2.30. The van der Waals surface area contributed by atoms with Gasteiger partial charge in [-0.2, -0.15) is 0 Å². The summed E-state index contributed by atoms with van der Waals surface area (Å²) >= 11 is 0. The molecule has 2 rings (SSSR count). The summed E-state index contributed by atoms with van der Waals surface area (Å²) in [6, 6.07) is 2.69. The van der Waals surface area contributed by atoms with Crippen molar-refractivity contribution in [2.75, 3.05) is 7.05 Å². The minimum absolute atomic E-state index is 0.607. The minimum Gasteiger partial charge on any atom is -0.472 e. The molecule has 0 amide bonds. The van der Waals surface area contributed by atoms with Gasteiger partial charge in [-0.1, -0.05) is 38.5 Å². The molecule has 2 nitrogen and oxygen atoms in total. The van der Waals surface area contributed by atoms with Gasteiger partial charge in [0.25, 0.3) is 0 Å². The zero-order valence-electron chi connectivity index (χ0n) is 11.0. The van der Waals surface area contributed by atoms with Gasteiger partial charge >= 0.3 is 0 Å². The van der Waals surface area contributed by atoms with E-state index in [4.69, 9.17) is 4.42 Å². The summed E-state index contributed by atoms with van der Waals surface area (Å²) in [5.41, 5.74) is 1.32. The third-order valence-corrected chi connectivity index (χ3v) is 4.06. The molecule has 1 aromatic rings. The second-order valence-electron chi connectivity index (χ2n) is 5.41. The number of likely N-dealkylation sites (N-methyl/N-ethyl adjacent to an activating group) is 1. The Bertz CT molecular complexity index is 286. The van der Waals surface area contributed by atoms with Crippen LogP contribution in [0.15, 0.2) is 23.0 Å². The first-order valence-electron chi connectivity index (χ1n) is 7.07. The Balaban J connectivity index is 1.81. The predicted octanol–water partition coefficient (Wildman–Crippen LogP) is 3.77. The zero-order valence-corrected chi connectivity index (χ0v) is 11.0. The first-order valence-corrected chi connectivity index (χ1v) is 7.07. The molecule has 1 fully saturated rings. The van der Waals surface area contributed by atoms with Crippen molar-refractivity contribution >= 4 is 0 Å². The van der Waals surface area contributed by atoms with Gasteiger partial charge in [0.05, 0.1) is 12.5 Å². The zero-order chi connectivity index (χ0) is 11.9. The highest BCUT2D eigenvalue weighted by molar-refractivity contribution is 5.07. The Morgan fingerprint density at radius 3 is 2.65 bits per heavy atom. The van der Waals surface area contributed by atoms with Gasteiger partial charge in [-0.25, -0.2) is 0 Å². The molecule has 17 heavy (non-hydrogen) atoms. The highest BCUT2D eigenvalue weighted by Gasteiger charge is 2.17. The Labute approximate surface area is 105 Å². The van der Waals surface area contributed by atoms with Crippen LogP contribution in [0.4, 0.5) is 0 Å². The lowest BCUT2D eigenvalue weighted by Gasteiger charge is -2.21. The van der Waals surface area contributed by atoms with E-state index in [0.29, 0.717) is 6.04 Å². The highest BCUT2D eigenvalue weighted by atomic mass is 16.3. The van der Waals surface area contributed by atoms with Crippen molar-refractivity contribution in [3.8, 4) is 0 Å². The van der Waals surface area contributed by atoms with E-state index in [0.717, 1.165) is 12.3 Å². The molecule has 1 heterocycles. The fraction of sp³-hybridized carbons (Fsp3) is 0.733. The summed E-state index contributed by atoms with van der Waals surface area (Å²) in [6.07, 6.45) is 14.7. The lowest BCUT2D eigenvalue weighted by molar-refractivity contribution is 0.361. The molecule has 0 saturated heterocycles. The number of hydrogen-bond donors (Lipinski definition) is 1. The SMILES string of the molecule is CNC(Cc1ccoc1)CC1CCCCCC1. The van der Waals surface area contributed by atoms with Crippen LogP contribution in [0.25, 0.3) is 0 Å². The summed E-state index contributed by atoms with van der Waals surface area (Å²) < 4.78 is 5.14. The molecule has 1 unspecified atom stereocenters. The molecule has 2 heteroatoms. The van der Waals surface area contributed by atoms with Gasteiger partial charge in [0.2, 0.25) is 0 Å². The summed E-state index contributed by atoms with van der Waals surface area (Å²) in [5, 5.41) is 3.47. The van der Waals surface area contributed by atoms with Crippen molar-refractivity contribution < 1.29 is 4.42 Å². The van der Waals surface area contributed by atoms with Crippen LogP contribution in [-0.2, 0) is 6.42 Å². The summed E-state index contributed by atoms with van der Waals surface area (Å²) in [5.74, 6) is 0.932. The Hall–Kier alpha value is -0.760. The molecule has 1 atom stereocenters. The first kappa shape index (κ1) is 12.7. The quantitative estimate of drug-likeness (QED) is 0.786. The van der Waals surface area contributed by atoms with E-state index in [1.165, 1.54) is 50.5 Å². The van der Waals surface area contributed by atoms with Gasteiger partial charge in [-0.05, 0) is 37.4 Å². The number of rotatable bonds is 5. The lowest BCUT2D eigenvalue weighted by atomic mass is 9.90. The largest absolute Gasteiger partial charge is 0.472 e. The molecule has 1 aromatic heterocycles. The minimum atomic E-state index is 0.607. The van der Waals surface area contributed by atoms with E-state index >= 15 is 0 Å². The van der Waals surface area contributed by atoms with E-state index < -0.39 is 0 Å². The van der Waals surface area contributed by atoms with Crippen molar-refractivity contribution in [2.45, 2.75) is 57.4 Å². The van der Waals surface area contributed by atoms with Crippen molar-refractivity contribution in [3.63, 3.8) is 0 Å². The van der Waals surface area contributed by atoms with Crippen molar-refractivity contribution in [3.05, 3.63) is 24.2 Å². The van der Waals surface area contributed by atoms with Crippen LogP contribution in [0.1, 0.15) is 50.5 Å². The fourth-order valence-electron chi connectivity index (χ4n) is 3.00. The molecule has 0 radical (unpaired) electrons. The van der Waals surface area contributed by atoms with E-state index in [1.54, 1.807) is 6.26 Å². The van der Waals surface area contributed by atoms with E-state index in [2.05, 4.69) is 18.4 Å². The van der Waals surface area contributed by atoms with Crippen LogP contribution >= 0.6 is 0 Å². The molecule has 1 aliphatic carbocycles. The standard InChI is InChI=1S/C15H25NO/c1-16-15(11-14-8-9-17-12-14)10-13-6-4-2-3-5-7-13/h8-9,12-13,15-16H,2-7,10-11H2,1H3. The Kier molecular flexibility index (Phi) is 5.11. The second-order valence-corrected chi connectivity index (χ2v) is 5.41. The maximum absolute atomic E-state index is 5.14. The van der Waals surface area contributed by atoms with Gasteiger partial charge in [-0.15, -0.1) is 0 Å². The van der Waals surface area contributed by atoms with Crippen LogP contribution in [0.3, 0.4) is 0 Å². The maximum Gasteiger partial charge on any atom is 0.0935 e. The third-order valence-electron chi connectivity index (χ3n) is 4.06. The molecule has 0 spiro atoms. The van der Waals surface area contributed by atoms with Crippen LogP contribution in [0.2, 0.25) is 0 Å². The summed E-state index contributed by atoms with van der Waals surface area (Å²) in [4.78, 5) is 0. The van der Waals surface area contributed by atoms with Gasteiger partial charge in [0.15, 0.2) is 0 Å². The average Bonchev–Trinajstić information content (AvgIpc) is 2.71. The van der Waals surface area contributed by atoms with Crippen LogP contribution in [0, 0.1) is 5.92 Å². The van der Waals surface area contributed by atoms with E-state index in [1.807, 2.05) is 6.26 Å². The highest BCUT2D eigenvalue weighted by Crippen LogP contribution is 2.27. The molecule has 0 bridgehead atoms. The van der Waals surface area contributed by atoms with Crippen LogP contribution in [-0.4, -0.2) is 13.1 Å². The van der Waals surface area contributed by atoms with Crippen LogP contribution < -0.4 is 5.32 Å². The van der Waals surface area contributed by atoms with Crippen LogP contribution in [0.5, 0.6) is 0 Å². The molecular weight excluding hydrogens is 210 g/mol. The first-order chi connectivity index (χ1) is 8.38. The van der Waals surface area contributed by atoms with Gasteiger partial charge in [0.1, 0.15) is 0 Å². The second kappa shape index (κ2) is 6.85. The summed E-state index contributed by atoms with van der Waals surface area (Å²) in [6.45, 7) is 0. The molecular formula is C15H25NO. The molecule has 1 saturated carbocycles. The average molecular weight is 235 g/mol. The summed E-state index contributed by atoms with van der Waals surface area (Å²) in [7, 11) is 2.08. The molecule has 1 aliphatic rings. The Morgan fingerprint density at radius 1 is 1.29 bits per heavy atom. The van der Waals surface area contributed by atoms with Crippen molar-refractivity contribution in [1.29, 1.82) is 0 Å². The normalized spacial score (nSPS) is 20.1. The van der Waals surface area contributed by atoms with Crippen molar-refractivity contribution in [2.24, 2.45) is 5.92 Å². The molecule has 96 valence electrons. The Morgan fingerprint density at radius 2 is 2.06 bits per heavy atom. The number of hydrogen-bond acceptors (Lipinski definition) is 2.